The quantitative estimate of drug-likeness (QED) is 0.762. The Morgan fingerprint density at radius 2 is 2.35 bits per heavy atom. The van der Waals surface area contributed by atoms with Gasteiger partial charge in [-0.3, -0.25) is 9.78 Å². The number of rotatable bonds is 3. The molecule has 1 amide bonds. The van der Waals surface area contributed by atoms with Crippen LogP contribution < -0.4 is 11.1 Å². The van der Waals surface area contributed by atoms with Gasteiger partial charge in [-0.05, 0) is 6.07 Å². The number of hydrogen-bond donors (Lipinski definition) is 2. The van der Waals surface area contributed by atoms with E-state index in [0.29, 0.717) is 22.8 Å². The first kappa shape index (κ1) is 13.7. The van der Waals surface area contributed by atoms with Crippen LogP contribution in [-0.4, -0.2) is 27.6 Å². The van der Waals surface area contributed by atoms with Crippen LogP contribution in [0, 0.1) is 18.8 Å². The minimum Gasteiger partial charge on any atom is -0.345 e. The fraction of sp³-hybridized carbons (Fsp3) is 0.231. The zero-order valence-electron chi connectivity index (χ0n) is 10.9. The van der Waals surface area contributed by atoms with E-state index in [1.807, 2.05) is 0 Å². The zero-order chi connectivity index (χ0) is 14.4. The molecule has 20 heavy (non-hydrogen) atoms. The van der Waals surface area contributed by atoms with Gasteiger partial charge in [0.2, 0.25) is 5.89 Å². The number of nitrogens with zero attached hydrogens (tertiary/aromatic N) is 3. The van der Waals surface area contributed by atoms with Crippen LogP contribution in [0.15, 0.2) is 23.0 Å². The van der Waals surface area contributed by atoms with E-state index in [1.54, 1.807) is 19.2 Å². The van der Waals surface area contributed by atoms with Crippen LogP contribution in [0.4, 0.5) is 0 Å². The van der Waals surface area contributed by atoms with Crippen LogP contribution in [0.3, 0.4) is 0 Å². The largest absolute Gasteiger partial charge is 0.345 e. The van der Waals surface area contributed by atoms with E-state index in [1.165, 1.54) is 6.20 Å². The Hall–Kier alpha value is -2.72. The molecule has 0 radical (unpaired) electrons. The third kappa shape index (κ3) is 3.63. The summed E-state index contributed by atoms with van der Waals surface area (Å²) in [7, 11) is 0. The summed E-state index contributed by atoms with van der Waals surface area (Å²) >= 11 is 0. The summed E-state index contributed by atoms with van der Waals surface area (Å²) in [6, 6.07) is 1.65. The molecular formula is C13H13N5O2. The van der Waals surface area contributed by atoms with Crippen LogP contribution in [0.1, 0.15) is 27.6 Å². The first-order valence-corrected chi connectivity index (χ1v) is 5.90. The Labute approximate surface area is 115 Å². The van der Waals surface area contributed by atoms with Crippen molar-refractivity contribution in [3.63, 3.8) is 0 Å². The number of aromatic nitrogens is 3. The maximum atomic E-state index is 11.9. The number of pyridine rings is 1. The first-order chi connectivity index (χ1) is 9.69. The Kier molecular flexibility index (Phi) is 4.42. The van der Waals surface area contributed by atoms with E-state index in [0.717, 1.165) is 0 Å². The topological polar surface area (TPSA) is 107 Å². The highest BCUT2D eigenvalue weighted by atomic mass is 16.5. The van der Waals surface area contributed by atoms with E-state index >= 15 is 0 Å². The van der Waals surface area contributed by atoms with Crippen molar-refractivity contribution in [2.75, 3.05) is 6.54 Å². The Morgan fingerprint density at radius 3 is 3.05 bits per heavy atom. The van der Waals surface area contributed by atoms with Gasteiger partial charge in [-0.25, -0.2) is 0 Å². The van der Waals surface area contributed by atoms with Crippen molar-refractivity contribution < 1.29 is 9.32 Å². The van der Waals surface area contributed by atoms with Crippen LogP contribution in [0.5, 0.6) is 0 Å². The smallest absolute Gasteiger partial charge is 0.253 e. The predicted octanol–water partition coefficient (Wildman–Crippen LogP) is 0.0132. The van der Waals surface area contributed by atoms with Crippen LogP contribution in [0.2, 0.25) is 0 Å². The van der Waals surface area contributed by atoms with Gasteiger partial charge in [0.05, 0.1) is 18.7 Å². The number of aryl methyl sites for hydroxylation is 1. The second-order valence-electron chi connectivity index (χ2n) is 3.88. The number of nitrogens with one attached hydrogen (secondary N) is 1. The fourth-order valence-corrected chi connectivity index (χ4v) is 1.46. The molecule has 0 fully saturated rings. The average molecular weight is 271 g/mol. The van der Waals surface area contributed by atoms with Crippen molar-refractivity contribution >= 4 is 5.91 Å². The third-order valence-corrected chi connectivity index (χ3v) is 2.31. The van der Waals surface area contributed by atoms with Crippen molar-refractivity contribution in [3.8, 4) is 11.8 Å². The lowest BCUT2D eigenvalue weighted by atomic mass is 10.2. The summed E-state index contributed by atoms with van der Waals surface area (Å²) in [6.07, 6.45) is 3.03. The highest BCUT2D eigenvalue weighted by Crippen LogP contribution is 2.02. The maximum absolute atomic E-state index is 11.9. The van der Waals surface area contributed by atoms with E-state index < -0.39 is 0 Å². The van der Waals surface area contributed by atoms with Gasteiger partial charge in [-0.2, -0.15) is 4.98 Å². The predicted molar refractivity (Wildman–Crippen MR) is 70.4 cm³/mol. The summed E-state index contributed by atoms with van der Waals surface area (Å²) in [4.78, 5) is 19.9. The number of amides is 1. The van der Waals surface area contributed by atoms with Gasteiger partial charge in [-0.1, -0.05) is 17.0 Å². The molecule has 2 aromatic heterocycles. The summed E-state index contributed by atoms with van der Waals surface area (Å²) in [5.74, 6) is 6.12. The van der Waals surface area contributed by atoms with Gasteiger partial charge in [0.25, 0.3) is 5.91 Å². The molecule has 0 saturated carbocycles. The number of carbonyl (C=O) groups excluding carboxylic acids is 1. The molecule has 0 unspecified atom stereocenters. The third-order valence-electron chi connectivity index (χ3n) is 2.31. The Balaban J connectivity index is 2.01. The lowest BCUT2D eigenvalue weighted by molar-refractivity contribution is 0.0949. The molecule has 0 atom stereocenters. The number of hydrogen-bond acceptors (Lipinski definition) is 6. The molecule has 7 nitrogen and oxygen atoms in total. The lowest BCUT2D eigenvalue weighted by Gasteiger charge is -2.02. The molecule has 2 aromatic rings. The van der Waals surface area contributed by atoms with E-state index in [9.17, 15) is 4.79 Å². The normalized spacial score (nSPS) is 9.70. The van der Waals surface area contributed by atoms with E-state index in [2.05, 4.69) is 32.3 Å². The van der Waals surface area contributed by atoms with Crippen molar-refractivity contribution in [1.82, 2.24) is 20.4 Å². The summed E-state index contributed by atoms with van der Waals surface area (Å²) < 4.78 is 4.81. The molecule has 3 N–H and O–H groups in total. The molecule has 0 saturated heterocycles. The molecule has 0 aromatic carbocycles. The second kappa shape index (κ2) is 6.45. The van der Waals surface area contributed by atoms with Gasteiger partial charge < -0.3 is 15.6 Å². The van der Waals surface area contributed by atoms with Crippen molar-refractivity contribution in [2.24, 2.45) is 5.73 Å². The Morgan fingerprint density at radius 1 is 1.50 bits per heavy atom. The monoisotopic (exact) mass is 271 g/mol. The number of carbonyl (C=O) groups is 1. The maximum Gasteiger partial charge on any atom is 0.253 e. The number of nitrogens with two attached hydrogens (primary N) is 1. The molecule has 7 heteroatoms. The lowest BCUT2D eigenvalue weighted by Crippen LogP contribution is -2.23. The highest BCUT2D eigenvalue weighted by molar-refractivity contribution is 5.94. The zero-order valence-corrected chi connectivity index (χ0v) is 10.9. The van der Waals surface area contributed by atoms with Crippen LogP contribution in [-0.2, 0) is 6.54 Å². The molecule has 2 heterocycles. The Bertz CT molecular complexity index is 669. The molecule has 0 spiro atoms. The van der Waals surface area contributed by atoms with Crippen molar-refractivity contribution in [3.05, 3.63) is 41.3 Å². The van der Waals surface area contributed by atoms with Gasteiger partial charge in [0.1, 0.15) is 0 Å². The van der Waals surface area contributed by atoms with E-state index in [4.69, 9.17) is 10.3 Å². The molecular weight excluding hydrogens is 258 g/mol. The molecule has 0 bridgehead atoms. The molecule has 2 rings (SSSR count). The highest BCUT2D eigenvalue weighted by Gasteiger charge is 2.08. The average Bonchev–Trinajstić information content (AvgIpc) is 2.88. The second-order valence-corrected chi connectivity index (χ2v) is 3.88. The van der Waals surface area contributed by atoms with Gasteiger partial charge in [0.15, 0.2) is 5.82 Å². The van der Waals surface area contributed by atoms with E-state index in [-0.39, 0.29) is 19.0 Å². The van der Waals surface area contributed by atoms with Crippen molar-refractivity contribution in [2.45, 2.75) is 13.5 Å². The van der Waals surface area contributed by atoms with Crippen molar-refractivity contribution in [1.29, 1.82) is 0 Å². The summed E-state index contributed by atoms with van der Waals surface area (Å²) in [5.41, 5.74) is 6.34. The minimum absolute atomic E-state index is 0.189. The standard InChI is InChI=1S/C13H13N5O2/c1-9-17-12(18-20-9)8-16-13(19)11-5-10(3-2-4-14)6-15-7-11/h5-7H,4,8,14H2,1H3,(H,16,19). The van der Waals surface area contributed by atoms with Crippen LogP contribution in [0.25, 0.3) is 0 Å². The van der Waals surface area contributed by atoms with Crippen LogP contribution >= 0.6 is 0 Å². The molecule has 0 aliphatic rings. The molecule has 0 aliphatic heterocycles. The van der Waals surface area contributed by atoms with Gasteiger partial charge in [0, 0.05) is 24.9 Å². The van der Waals surface area contributed by atoms with Gasteiger partial charge in [-0.15, -0.1) is 0 Å². The van der Waals surface area contributed by atoms with Gasteiger partial charge >= 0.3 is 0 Å². The molecule has 0 aliphatic carbocycles. The minimum atomic E-state index is -0.281. The summed E-state index contributed by atoms with van der Waals surface area (Å²) in [6.45, 7) is 2.13. The first-order valence-electron chi connectivity index (χ1n) is 5.90. The summed E-state index contributed by atoms with van der Waals surface area (Å²) in [5, 5.41) is 6.36. The molecule has 102 valence electrons. The SMILES string of the molecule is Cc1nc(CNC(=O)c2cncc(C#CCN)c2)no1. The fourth-order valence-electron chi connectivity index (χ4n) is 1.46.